The Kier molecular flexibility index (Phi) is 4.92. The van der Waals surface area contributed by atoms with Crippen molar-refractivity contribution < 1.29 is 18.3 Å². The van der Waals surface area contributed by atoms with Crippen LogP contribution in [0.3, 0.4) is 0 Å². The molecule has 0 atom stereocenters. The summed E-state index contributed by atoms with van der Waals surface area (Å²) in [6, 6.07) is 0.0252. The number of aromatic nitrogens is 3. The van der Waals surface area contributed by atoms with Crippen molar-refractivity contribution in [3.8, 4) is 0 Å². The lowest BCUT2D eigenvalue weighted by molar-refractivity contribution is -0.133. The molecule has 9 heteroatoms. The molecule has 21 heavy (non-hydrogen) atoms. The average molecular weight is 333 g/mol. The van der Waals surface area contributed by atoms with Crippen molar-refractivity contribution in [1.29, 1.82) is 0 Å². The van der Waals surface area contributed by atoms with Crippen LogP contribution in [0, 0.1) is 0 Å². The third kappa shape index (κ3) is 3.97. The van der Waals surface area contributed by atoms with Gasteiger partial charge in [0.1, 0.15) is 15.7 Å². The maximum Gasteiger partial charge on any atom is 0.313 e. The van der Waals surface area contributed by atoms with Crippen LogP contribution in [0.1, 0.15) is 44.5 Å². The first kappa shape index (κ1) is 16.3. The standard InChI is InChI=1S/C12H19N3O4S2/c1-8(2)11-13-14-12(20-7-10(16)17)15(11)9-3-5-21(18,19)6-4-9/h8-9H,3-7H2,1-2H3,(H,16,17). The van der Waals surface area contributed by atoms with Crippen molar-refractivity contribution in [2.24, 2.45) is 0 Å². The van der Waals surface area contributed by atoms with Gasteiger partial charge in [0.25, 0.3) is 0 Å². The van der Waals surface area contributed by atoms with E-state index in [9.17, 15) is 13.2 Å². The Balaban J connectivity index is 2.26. The summed E-state index contributed by atoms with van der Waals surface area (Å²) in [6.45, 7) is 3.98. The lowest BCUT2D eigenvalue weighted by Gasteiger charge is -2.26. The molecule has 1 aromatic rings. The number of rotatable bonds is 5. The lowest BCUT2D eigenvalue weighted by Crippen LogP contribution is -2.27. The number of carbonyl (C=O) groups is 1. The van der Waals surface area contributed by atoms with Crippen LogP contribution in [-0.2, 0) is 14.6 Å². The predicted octanol–water partition coefficient (Wildman–Crippen LogP) is 1.33. The first-order chi connectivity index (χ1) is 9.80. The Morgan fingerprint density at radius 1 is 1.38 bits per heavy atom. The fraction of sp³-hybridized carbons (Fsp3) is 0.750. The highest BCUT2D eigenvalue weighted by atomic mass is 32.2. The monoisotopic (exact) mass is 333 g/mol. The summed E-state index contributed by atoms with van der Waals surface area (Å²) in [4.78, 5) is 10.7. The fourth-order valence-electron chi connectivity index (χ4n) is 2.39. The van der Waals surface area contributed by atoms with Crippen LogP contribution in [0.15, 0.2) is 5.16 Å². The fourth-order valence-corrected chi connectivity index (χ4v) is 4.59. The molecule has 0 spiro atoms. The van der Waals surface area contributed by atoms with Gasteiger partial charge in [0.05, 0.1) is 17.3 Å². The highest BCUT2D eigenvalue weighted by Crippen LogP contribution is 2.31. The maximum atomic E-state index is 11.6. The van der Waals surface area contributed by atoms with E-state index >= 15 is 0 Å². The van der Waals surface area contributed by atoms with Crippen molar-refractivity contribution in [3.63, 3.8) is 0 Å². The molecule has 1 aromatic heterocycles. The van der Waals surface area contributed by atoms with Crippen molar-refractivity contribution in [2.75, 3.05) is 17.3 Å². The summed E-state index contributed by atoms with van der Waals surface area (Å²) in [6.07, 6.45) is 1.06. The molecule has 1 saturated heterocycles. The summed E-state index contributed by atoms with van der Waals surface area (Å²) in [5.41, 5.74) is 0. The second-order valence-corrected chi connectivity index (χ2v) is 8.68. The summed E-state index contributed by atoms with van der Waals surface area (Å²) >= 11 is 1.13. The molecule has 0 radical (unpaired) electrons. The minimum atomic E-state index is -2.93. The number of thioether (sulfide) groups is 1. The first-order valence-electron chi connectivity index (χ1n) is 6.80. The zero-order valence-corrected chi connectivity index (χ0v) is 13.7. The molecule has 7 nitrogen and oxygen atoms in total. The van der Waals surface area contributed by atoms with Crippen molar-refractivity contribution in [2.45, 2.75) is 43.8 Å². The van der Waals surface area contributed by atoms with Crippen LogP contribution >= 0.6 is 11.8 Å². The van der Waals surface area contributed by atoms with Crippen LogP contribution < -0.4 is 0 Å². The molecule has 118 valence electrons. The summed E-state index contributed by atoms with van der Waals surface area (Å²) < 4.78 is 25.1. The van der Waals surface area contributed by atoms with Gasteiger partial charge >= 0.3 is 5.97 Å². The molecule has 0 saturated carbocycles. The third-order valence-corrected chi connectivity index (χ3v) is 6.06. The molecule has 1 fully saturated rings. The summed E-state index contributed by atoms with van der Waals surface area (Å²) in [7, 11) is -2.93. The highest BCUT2D eigenvalue weighted by Gasteiger charge is 2.29. The van der Waals surface area contributed by atoms with Gasteiger partial charge in [-0.1, -0.05) is 25.6 Å². The van der Waals surface area contributed by atoms with Crippen LogP contribution in [0.25, 0.3) is 0 Å². The maximum absolute atomic E-state index is 11.6. The number of aliphatic carboxylic acids is 1. The Morgan fingerprint density at radius 2 is 2.00 bits per heavy atom. The highest BCUT2D eigenvalue weighted by molar-refractivity contribution is 7.99. The van der Waals surface area contributed by atoms with E-state index in [0.717, 1.165) is 17.6 Å². The Hall–Kier alpha value is -1.09. The molecule has 0 bridgehead atoms. The Bertz CT molecular complexity index is 610. The molecule has 1 N–H and O–H groups in total. The quantitative estimate of drug-likeness (QED) is 0.811. The van der Waals surface area contributed by atoms with Gasteiger partial charge < -0.3 is 9.67 Å². The Morgan fingerprint density at radius 3 is 2.52 bits per heavy atom. The van der Waals surface area contributed by atoms with Gasteiger partial charge in [-0.15, -0.1) is 10.2 Å². The molecular formula is C12H19N3O4S2. The molecule has 2 rings (SSSR count). The van der Waals surface area contributed by atoms with E-state index in [0.29, 0.717) is 18.0 Å². The minimum absolute atomic E-state index is 0.0252. The van der Waals surface area contributed by atoms with E-state index < -0.39 is 15.8 Å². The second kappa shape index (κ2) is 6.35. The van der Waals surface area contributed by atoms with Gasteiger partial charge in [0.15, 0.2) is 5.16 Å². The molecule has 0 unspecified atom stereocenters. The normalized spacial score (nSPS) is 19.0. The predicted molar refractivity (Wildman–Crippen MR) is 79.4 cm³/mol. The molecule has 1 aliphatic rings. The number of hydrogen-bond donors (Lipinski definition) is 1. The molecule has 0 aliphatic carbocycles. The van der Waals surface area contributed by atoms with E-state index in [-0.39, 0.29) is 29.2 Å². The third-order valence-electron chi connectivity index (χ3n) is 3.42. The number of carboxylic acids is 1. The van der Waals surface area contributed by atoms with E-state index in [1.165, 1.54) is 0 Å². The van der Waals surface area contributed by atoms with Crippen molar-refractivity contribution >= 4 is 27.6 Å². The number of sulfone groups is 1. The number of carboxylic acid groups (broad SMARTS) is 1. The smallest absolute Gasteiger partial charge is 0.313 e. The van der Waals surface area contributed by atoms with E-state index in [2.05, 4.69) is 10.2 Å². The second-order valence-electron chi connectivity index (χ2n) is 5.43. The summed E-state index contributed by atoms with van der Waals surface area (Å²) in [5, 5.41) is 17.6. The van der Waals surface area contributed by atoms with Gasteiger partial charge in [-0.3, -0.25) is 4.79 Å². The largest absolute Gasteiger partial charge is 0.481 e. The number of hydrogen-bond acceptors (Lipinski definition) is 6. The zero-order chi connectivity index (χ0) is 15.6. The SMILES string of the molecule is CC(C)c1nnc(SCC(=O)O)n1C1CCS(=O)(=O)CC1. The van der Waals surface area contributed by atoms with E-state index in [4.69, 9.17) is 5.11 Å². The van der Waals surface area contributed by atoms with Gasteiger partial charge in [-0.05, 0) is 12.8 Å². The van der Waals surface area contributed by atoms with Gasteiger partial charge in [0, 0.05) is 12.0 Å². The van der Waals surface area contributed by atoms with E-state index in [1.807, 2.05) is 18.4 Å². The molecule has 1 aliphatic heterocycles. The van der Waals surface area contributed by atoms with Crippen LogP contribution in [0.4, 0.5) is 0 Å². The lowest BCUT2D eigenvalue weighted by atomic mass is 10.1. The van der Waals surface area contributed by atoms with Crippen molar-refractivity contribution in [1.82, 2.24) is 14.8 Å². The molecule has 0 amide bonds. The zero-order valence-electron chi connectivity index (χ0n) is 12.0. The van der Waals surface area contributed by atoms with Crippen LogP contribution in [0.5, 0.6) is 0 Å². The van der Waals surface area contributed by atoms with Crippen molar-refractivity contribution in [3.05, 3.63) is 5.82 Å². The average Bonchev–Trinajstić information content (AvgIpc) is 2.80. The molecular weight excluding hydrogens is 314 g/mol. The topological polar surface area (TPSA) is 102 Å². The van der Waals surface area contributed by atoms with Crippen LogP contribution in [0.2, 0.25) is 0 Å². The Labute approximate surface area is 128 Å². The minimum Gasteiger partial charge on any atom is -0.481 e. The molecule has 2 heterocycles. The summed E-state index contributed by atoms with van der Waals surface area (Å²) in [5.74, 6) is 0.267. The van der Waals surface area contributed by atoms with Gasteiger partial charge in [0.2, 0.25) is 0 Å². The first-order valence-corrected chi connectivity index (χ1v) is 9.60. The molecule has 0 aromatic carbocycles. The van der Waals surface area contributed by atoms with E-state index in [1.54, 1.807) is 0 Å². The van der Waals surface area contributed by atoms with Gasteiger partial charge in [-0.2, -0.15) is 0 Å². The van der Waals surface area contributed by atoms with Gasteiger partial charge in [-0.25, -0.2) is 8.42 Å². The van der Waals surface area contributed by atoms with Crippen LogP contribution in [-0.4, -0.2) is 51.5 Å². The number of nitrogens with zero attached hydrogens (tertiary/aromatic N) is 3.